The van der Waals surface area contributed by atoms with Crippen LogP contribution in [-0.2, 0) is 11.4 Å². The third-order valence-electron chi connectivity index (χ3n) is 5.23. The zero-order valence-electron chi connectivity index (χ0n) is 17.9. The Kier molecular flexibility index (Phi) is 6.81. The molecule has 0 aliphatic carbocycles. The quantitative estimate of drug-likeness (QED) is 0.476. The van der Waals surface area contributed by atoms with E-state index >= 15 is 0 Å². The zero-order valence-corrected chi connectivity index (χ0v) is 17.9. The topological polar surface area (TPSA) is 84.9 Å². The number of carboxylic acids is 1. The molecule has 0 heterocycles. The third kappa shape index (κ3) is 5.74. The summed E-state index contributed by atoms with van der Waals surface area (Å²) in [7, 11) is 0. The van der Waals surface area contributed by atoms with Crippen LogP contribution in [-0.4, -0.2) is 28.9 Å². The molecule has 1 atom stereocenters. The normalized spacial score (nSPS) is 13.2. The number of alkyl halides is 3. The number of halogens is 3. The minimum atomic E-state index is -4.79. The van der Waals surface area contributed by atoms with E-state index in [0.717, 1.165) is 5.39 Å². The molecule has 0 saturated heterocycles. The second kappa shape index (κ2) is 9.40. The van der Waals surface area contributed by atoms with E-state index in [1.54, 1.807) is 31.2 Å². The summed E-state index contributed by atoms with van der Waals surface area (Å²) in [6.07, 6.45) is -4.61. The molecule has 6 nitrogen and oxygen atoms in total. The monoisotopic (exact) mass is 461 g/mol. The molecule has 174 valence electrons. The first-order valence-electron chi connectivity index (χ1n) is 10.1. The maximum absolute atomic E-state index is 13.0. The van der Waals surface area contributed by atoms with Crippen LogP contribution in [0.2, 0.25) is 0 Å². The first-order valence-corrected chi connectivity index (χ1v) is 10.1. The van der Waals surface area contributed by atoms with Crippen molar-refractivity contribution in [1.82, 2.24) is 5.32 Å². The van der Waals surface area contributed by atoms with Crippen molar-refractivity contribution in [3.05, 3.63) is 71.8 Å². The minimum absolute atomic E-state index is 0.0371. The van der Waals surface area contributed by atoms with Gasteiger partial charge >= 0.3 is 12.3 Å². The summed E-state index contributed by atoms with van der Waals surface area (Å²) in [4.78, 5) is 24.6. The van der Waals surface area contributed by atoms with E-state index in [-0.39, 0.29) is 30.1 Å². The van der Waals surface area contributed by atoms with Gasteiger partial charge in [-0.05, 0) is 42.5 Å². The predicted molar refractivity (Wildman–Crippen MR) is 115 cm³/mol. The van der Waals surface area contributed by atoms with E-state index in [1.807, 2.05) is 12.1 Å². The third-order valence-corrected chi connectivity index (χ3v) is 5.23. The number of fused-ring (bicyclic) bond motifs is 1. The Balaban J connectivity index is 1.89. The Hall–Kier alpha value is -3.75. The second-order valence-corrected chi connectivity index (χ2v) is 7.59. The van der Waals surface area contributed by atoms with Crippen molar-refractivity contribution >= 4 is 22.6 Å². The number of rotatable bonds is 8. The number of amides is 1. The molecule has 2 N–H and O–H groups in total. The average molecular weight is 461 g/mol. The van der Waals surface area contributed by atoms with E-state index in [4.69, 9.17) is 4.74 Å². The molecular formula is C24H22F3NO5. The molecule has 33 heavy (non-hydrogen) atoms. The van der Waals surface area contributed by atoms with Crippen LogP contribution in [0.25, 0.3) is 10.8 Å². The summed E-state index contributed by atoms with van der Waals surface area (Å²) in [6, 6.07) is 15.6. The van der Waals surface area contributed by atoms with Crippen LogP contribution in [0.15, 0.2) is 60.7 Å². The Morgan fingerprint density at radius 2 is 1.67 bits per heavy atom. The van der Waals surface area contributed by atoms with Gasteiger partial charge < -0.3 is 19.9 Å². The van der Waals surface area contributed by atoms with Crippen LogP contribution in [0, 0.1) is 0 Å². The Morgan fingerprint density at radius 1 is 1.00 bits per heavy atom. The van der Waals surface area contributed by atoms with Gasteiger partial charge in [0.1, 0.15) is 23.6 Å². The van der Waals surface area contributed by atoms with Crippen molar-refractivity contribution in [2.75, 3.05) is 0 Å². The van der Waals surface area contributed by atoms with Crippen molar-refractivity contribution in [1.29, 1.82) is 0 Å². The molecule has 9 heteroatoms. The smallest absolute Gasteiger partial charge is 0.487 e. The highest BCUT2D eigenvalue weighted by Gasteiger charge is 2.34. The van der Waals surface area contributed by atoms with Crippen molar-refractivity contribution in [3.8, 4) is 11.5 Å². The highest BCUT2D eigenvalue weighted by atomic mass is 19.4. The summed E-state index contributed by atoms with van der Waals surface area (Å²) in [6.45, 7) is 3.03. The van der Waals surface area contributed by atoms with Gasteiger partial charge in [0.15, 0.2) is 0 Å². The Bertz CT molecular complexity index is 1160. The Morgan fingerprint density at radius 3 is 2.27 bits per heavy atom. The predicted octanol–water partition coefficient (Wildman–Crippen LogP) is 5.30. The van der Waals surface area contributed by atoms with Gasteiger partial charge in [0, 0.05) is 5.39 Å². The minimum Gasteiger partial charge on any atom is -0.487 e. The lowest BCUT2D eigenvalue weighted by atomic mass is 9.97. The molecule has 3 aromatic carbocycles. The highest BCUT2D eigenvalue weighted by molar-refractivity contribution is 6.05. The second-order valence-electron chi connectivity index (χ2n) is 7.59. The molecule has 0 fully saturated rings. The molecule has 1 amide bonds. The van der Waals surface area contributed by atoms with Crippen molar-refractivity contribution < 1.29 is 37.3 Å². The number of ether oxygens (including phenoxy) is 2. The number of nitrogens with one attached hydrogen (secondary N) is 1. The zero-order chi connectivity index (χ0) is 24.2. The summed E-state index contributed by atoms with van der Waals surface area (Å²) in [5, 5.41) is 13.5. The summed E-state index contributed by atoms with van der Waals surface area (Å²) >= 11 is 0. The summed E-state index contributed by atoms with van der Waals surface area (Å²) < 4.78 is 46.9. The van der Waals surface area contributed by atoms with Crippen molar-refractivity contribution in [2.24, 2.45) is 0 Å². The highest BCUT2D eigenvalue weighted by Crippen LogP contribution is 2.31. The van der Waals surface area contributed by atoms with E-state index in [2.05, 4.69) is 10.1 Å². The van der Waals surface area contributed by atoms with Crippen molar-refractivity contribution in [3.63, 3.8) is 0 Å². The fourth-order valence-electron chi connectivity index (χ4n) is 3.13. The molecule has 3 aromatic rings. The maximum atomic E-state index is 13.0. The molecule has 0 aliphatic rings. The molecule has 0 spiro atoms. The van der Waals surface area contributed by atoms with Crippen LogP contribution < -0.4 is 14.8 Å². The molecule has 0 saturated carbocycles. The van der Waals surface area contributed by atoms with Gasteiger partial charge in [-0.3, -0.25) is 4.79 Å². The van der Waals surface area contributed by atoms with E-state index in [0.29, 0.717) is 10.9 Å². The van der Waals surface area contributed by atoms with Gasteiger partial charge in [-0.1, -0.05) is 49.4 Å². The fraction of sp³-hybridized carbons (Fsp3) is 0.250. The van der Waals surface area contributed by atoms with Crippen molar-refractivity contribution in [2.45, 2.75) is 38.8 Å². The first-order chi connectivity index (χ1) is 15.5. The lowest BCUT2D eigenvalue weighted by molar-refractivity contribution is -0.274. The lowest BCUT2D eigenvalue weighted by Gasteiger charge is -2.25. The van der Waals surface area contributed by atoms with Crippen LogP contribution in [0.4, 0.5) is 13.2 Å². The van der Waals surface area contributed by atoms with Crippen LogP contribution in [0.3, 0.4) is 0 Å². The standard InChI is InChI=1S/C24H22F3NO5/c1-3-23(2,22(30)31)28-21(29)19-13-10-16-6-4-5-7-18(16)20(19)32-14-15-8-11-17(12-9-15)33-24(25,26)27/h4-13H,3,14H2,1-2H3,(H,28,29)(H,30,31). The molecule has 1 unspecified atom stereocenters. The summed E-state index contributed by atoms with van der Waals surface area (Å²) in [5.41, 5.74) is -0.770. The van der Waals surface area contributed by atoms with Gasteiger partial charge in [0.25, 0.3) is 5.91 Å². The number of carbonyl (C=O) groups is 2. The number of hydrogen-bond acceptors (Lipinski definition) is 4. The van der Waals surface area contributed by atoms with Gasteiger partial charge in [0.2, 0.25) is 0 Å². The number of hydrogen-bond donors (Lipinski definition) is 2. The average Bonchev–Trinajstić information content (AvgIpc) is 2.77. The molecular weight excluding hydrogens is 439 g/mol. The SMILES string of the molecule is CCC(C)(NC(=O)c1ccc2ccccc2c1OCc1ccc(OC(F)(F)F)cc1)C(=O)O. The van der Waals surface area contributed by atoms with Gasteiger partial charge in [0.05, 0.1) is 5.56 Å². The number of aliphatic carboxylic acids is 1. The van der Waals surface area contributed by atoms with E-state index in [9.17, 15) is 27.9 Å². The number of carbonyl (C=O) groups excluding carboxylic acids is 1. The molecule has 0 radical (unpaired) electrons. The van der Waals surface area contributed by atoms with Gasteiger partial charge in [-0.15, -0.1) is 13.2 Å². The summed E-state index contributed by atoms with van der Waals surface area (Å²) in [5.74, 6) is -1.90. The van der Waals surface area contributed by atoms with Gasteiger partial charge in [-0.2, -0.15) is 0 Å². The first kappa shape index (κ1) is 23.9. The number of carboxylic acid groups (broad SMARTS) is 1. The Labute approximate surface area is 187 Å². The van der Waals surface area contributed by atoms with E-state index < -0.39 is 23.8 Å². The fourth-order valence-corrected chi connectivity index (χ4v) is 3.13. The molecule has 0 aliphatic heterocycles. The molecule has 3 rings (SSSR count). The van der Waals surface area contributed by atoms with Crippen LogP contribution in [0.1, 0.15) is 36.2 Å². The number of benzene rings is 3. The maximum Gasteiger partial charge on any atom is 0.573 e. The van der Waals surface area contributed by atoms with Gasteiger partial charge in [-0.25, -0.2) is 4.79 Å². The van der Waals surface area contributed by atoms with E-state index in [1.165, 1.54) is 31.2 Å². The van der Waals surface area contributed by atoms with Crippen LogP contribution in [0.5, 0.6) is 11.5 Å². The van der Waals surface area contributed by atoms with Crippen LogP contribution >= 0.6 is 0 Å². The molecule has 0 bridgehead atoms. The molecule has 0 aromatic heterocycles. The lowest BCUT2D eigenvalue weighted by Crippen LogP contribution is -2.51. The largest absolute Gasteiger partial charge is 0.573 e.